The van der Waals surface area contributed by atoms with Gasteiger partial charge in [0.1, 0.15) is 11.6 Å². The number of ether oxygens (including phenoxy) is 1. The van der Waals surface area contributed by atoms with Crippen molar-refractivity contribution < 1.29 is 9.13 Å². The van der Waals surface area contributed by atoms with Gasteiger partial charge in [-0.2, -0.15) is 0 Å². The summed E-state index contributed by atoms with van der Waals surface area (Å²) < 4.78 is 18.9. The van der Waals surface area contributed by atoms with Gasteiger partial charge in [0, 0.05) is 0 Å². The molecule has 0 saturated carbocycles. The number of nitrogens with two attached hydrogens (primary N) is 1. The zero-order valence-corrected chi connectivity index (χ0v) is 12.5. The van der Waals surface area contributed by atoms with Crippen molar-refractivity contribution in [1.29, 1.82) is 0 Å². The number of aryl methyl sites for hydroxylation is 2. The Balaban J connectivity index is 2.49. The molecule has 0 aromatic heterocycles. The van der Waals surface area contributed by atoms with Crippen molar-refractivity contribution in [2.75, 3.05) is 7.11 Å². The van der Waals surface area contributed by atoms with E-state index < -0.39 is 11.9 Å². The van der Waals surface area contributed by atoms with Crippen molar-refractivity contribution in [2.45, 2.75) is 19.9 Å². The number of benzene rings is 2. The zero-order valence-electron chi connectivity index (χ0n) is 11.7. The number of methoxy groups -OCH3 is 1. The largest absolute Gasteiger partial charge is 0.496 e. The Kier molecular flexibility index (Phi) is 4.31. The van der Waals surface area contributed by atoms with E-state index in [2.05, 4.69) is 0 Å². The zero-order chi connectivity index (χ0) is 14.9. The lowest BCUT2D eigenvalue weighted by Crippen LogP contribution is -2.13. The molecule has 1 unspecified atom stereocenters. The van der Waals surface area contributed by atoms with E-state index in [1.807, 2.05) is 26.0 Å². The fraction of sp³-hybridized carbons (Fsp3) is 0.250. The first-order valence-electron chi connectivity index (χ1n) is 6.30. The van der Waals surface area contributed by atoms with E-state index in [4.69, 9.17) is 22.1 Å². The van der Waals surface area contributed by atoms with Crippen molar-refractivity contribution in [1.82, 2.24) is 0 Å². The minimum absolute atomic E-state index is 0.0751. The van der Waals surface area contributed by atoms with E-state index >= 15 is 0 Å². The topological polar surface area (TPSA) is 35.2 Å². The quantitative estimate of drug-likeness (QED) is 0.922. The van der Waals surface area contributed by atoms with Gasteiger partial charge in [0.25, 0.3) is 0 Å². The molecule has 2 aromatic rings. The van der Waals surface area contributed by atoms with Crippen LogP contribution in [0.3, 0.4) is 0 Å². The van der Waals surface area contributed by atoms with Crippen LogP contribution < -0.4 is 10.5 Å². The lowest BCUT2D eigenvalue weighted by Gasteiger charge is -2.18. The first kappa shape index (κ1) is 14.8. The minimum Gasteiger partial charge on any atom is -0.496 e. The molecule has 0 saturated heterocycles. The van der Waals surface area contributed by atoms with Crippen LogP contribution in [0, 0.1) is 19.7 Å². The molecule has 0 spiro atoms. The highest BCUT2D eigenvalue weighted by atomic mass is 35.5. The molecule has 0 aliphatic heterocycles. The molecule has 0 fully saturated rings. The third-order valence-corrected chi connectivity index (χ3v) is 3.76. The summed E-state index contributed by atoms with van der Waals surface area (Å²) >= 11 is 6.00. The summed E-state index contributed by atoms with van der Waals surface area (Å²) in [6, 6.07) is 8.09. The number of hydrogen-bond acceptors (Lipinski definition) is 2. The average molecular weight is 294 g/mol. The van der Waals surface area contributed by atoms with Crippen LogP contribution in [0.2, 0.25) is 5.02 Å². The Morgan fingerprint density at radius 3 is 2.35 bits per heavy atom. The molecule has 0 amide bonds. The van der Waals surface area contributed by atoms with Gasteiger partial charge in [-0.15, -0.1) is 0 Å². The second kappa shape index (κ2) is 5.81. The molecule has 0 heterocycles. The summed E-state index contributed by atoms with van der Waals surface area (Å²) in [7, 11) is 1.64. The monoisotopic (exact) mass is 293 g/mol. The van der Waals surface area contributed by atoms with Crippen LogP contribution in [0.15, 0.2) is 30.3 Å². The summed E-state index contributed by atoms with van der Waals surface area (Å²) in [5.74, 6) is 0.382. The number of hydrogen-bond donors (Lipinski definition) is 1. The molecule has 0 aliphatic rings. The SMILES string of the molecule is COc1c(C)cc(C(N)c2cccc(F)c2Cl)cc1C. The van der Waals surface area contributed by atoms with Crippen molar-refractivity contribution >= 4 is 11.6 Å². The van der Waals surface area contributed by atoms with E-state index in [1.54, 1.807) is 19.2 Å². The highest BCUT2D eigenvalue weighted by molar-refractivity contribution is 6.31. The smallest absolute Gasteiger partial charge is 0.142 e. The van der Waals surface area contributed by atoms with E-state index in [1.165, 1.54) is 6.07 Å². The summed E-state index contributed by atoms with van der Waals surface area (Å²) in [5.41, 5.74) is 9.67. The lowest BCUT2D eigenvalue weighted by molar-refractivity contribution is 0.408. The number of halogens is 2. The van der Waals surface area contributed by atoms with Gasteiger partial charge in [-0.05, 0) is 42.2 Å². The van der Waals surface area contributed by atoms with Gasteiger partial charge < -0.3 is 10.5 Å². The summed E-state index contributed by atoms with van der Waals surface area (Å²) in [6.45, 7) is 3.91. The number of rotatable bonds is 3. The Morgan fingerprint density at radius 2 is 1.80 bits per heavy atom. The van der Waals surface area contributed by atoms with Gasteiger partial charge in [0.05, 0.1) is 18.2 Å². The van der Waals surface area contributed by atoms with Crippen LogP contribution in [0.5, 0.6) is 5.75 Å². The molecule has 0 radical (unpaired) electrons. The molecule has 2 rings (SSSR count). The van der Waals surface area contributed by atoms with Crippen molar-refractivity contribution in [2.24, 2.45) is 5.73 Å². The highest BCUT2D eigenvalue weighted by Gasteiger charge is 2.17. The maximum Gasteiger partial charge on any atom is 0.142 e. The Labute approximate surface area is 123 Å². The summed E-state index contributed by atoms with van der Waals surface area (Å²) in [4.78, 5) is 0. The molecule has 0 aliphatic carbocycles. The Bertz CT molecular complexity index is 619. The normalized spacial score (nSPS) is 12.3. The maximum absolute atomic E-state index is 13.5. The van der Waals surface area contributed by atoms with Gasteiger partial charge in [-0.25, -0.2) is 4.39 Å². The maximum atomic E-state index is 13.5. The van der Waals surface area contributed by atoms with Gasteiger partial charge in [-0.3, -0.25) is 0 Å². The fourth-order valence-corrected chi connectivity index (χ4v) is 2.67. The third kappa shape index (κ3) is 2.65. The molecule has 20 heavy (non-hydrogen) atoms. The van der Waals surface area contributed by atoms with E-state index in [9.17, 15) is 4.39 Å². The fourth-order valence-electron chi connectivity index (χ4n) is 2.43. The lowest BCUT2D eigenvalue weighted by atomic mass is 9.95. The Morgan fingerprint density at radius 1 is 1.20 bits per heavy atom. The van der Waals surface area contributed by atoms with Gasteiger partial charge in [0.15, 0.2) is 0 Å². The van der Waals surface area contributed by atoms with Crippen molar-refractivity contribution in [3.8, 4) is 5.75 Å². The summed E-state index contributed by atoms with van der Waals surface area (Å²) in [6.07, 6.45) is 0. The predicted octanol–water partition coefficient (Wildman–Crippen LogP) is 4.15. The first-order valence-corrected chi connectivity index (χ1v) is 6.68. The van der Waals surface area contributed by atoms with Crippen LogP contribution in [0.4, 0.5) is 4.39 Å². The standard InChI is InChI=1S/C16H17ClFNO/c1-9-7-11(8-10(2)16(9)20-3)15(19)12-5-4-6-13(18)14(12)17/h4-8,15H,19H2,1-3H3. The minimum atomic E-state index is -0.471. The first-order chi connectivity index (χ1) is 9.45. The van der Waals surface area contributed by atoms with Crippen LogP contribution >= 0.6 is 11.6 Å². The van der Waals surface area contributed by atoms with Gasteiger partial charge in [-0.1, -0.05) is 35.9 Å². The van der Waals surface area contributed by atoms with E-state index in [0.29, 0.717) is 5.56 Å². The van der Waals surface area contributed by atoms with Crippen molar-refractivity contribution in [3.05, 3.63) is 63.4 Å². The van der Waals surface area contributed by atoms with Crippen LogP contribution in [0.25, 0.3) is 0 Å². The molecule has 0 bridgehead atoms. The molecule has 2 aromatic carbocycles. The molecule has 1 atom stereocenters. The Hall–Kier alpha value is -1.58. The van der Waals surface area contributed by atoms with Crippen molar-refractivity contribution in [3.63, 3.8) is 0 Å². The molecule has 2 N–H and O–H groups in total. The highest BCUT2D eigenvalue weighted by Crippen LogP contribution is 2.32. The molecule has 106 valence electrons. The van der Waals surface area contributed by atoms with Gasteiger partial charge in [0.2, 0.25) is 0 Å². The van der Waals surface area contributed by atoms with Gasteiger partial charge >= 0.3 is 0 Å². The molecular weight excluding hydrogens is 277 g/mol. The third-order valence-electron chi connectivity index (χ3n) is 3.36. The summed E-state index contributed by atoms with van der Waals surface area (Å²) in [5, 5.41) is 0.0751. The van der Waals surface area contributed by atoms with Crippen LogP contribution in [-0.4, -0.2) is 7.11 Å². The van der Waals surface area contributed by atoms with Crippen LogP contribution in [-0.2, 0) is 0 Å². The van der Waals surface area contributed by atoms with E-state index in [-0.39, 0.29) is 5.02 Å². The second-order valence-corrected chi connectivity index (χ2v) is 5.19. The van der Waals surface area contributed by atoms with Crippen LogP contribution in [0.1, 0.15) is 28.3 Å². The van der Waals surface area contributed by atoms with E-state index in [0.717, 1.165) is 22.4 Å². The molecular formula is C16H17ClFNO. The predicted molar refractivity (Wildman–Crippen MR) is 79.9 cm³/mol. The molecule has 2 nitrogen and oxygen atoms in total. The molecule has 4 heteroatoms. The average Bonchev–Trinajstić information content (AvgIpc) is 2.41. The second-order valence-electron chi connectivity index (χ2n) is 4.81.